The van der Waals surface area contributed by atoms with E-state index in [4.69, 9.17) is 9.84 Å². The van der Waals surface area contributed by atoms with Crippen molar-refractivity contribution >= 4 is 12.0 Å². The van der Waals surface area contributed by atoms with Gasteiger partial charge in [0.1, 0.15) is 0 Å². The highest BCUT2D eigenvalue weighted by molar-refractivity contribution is 5.85. The fourth-order valence-electron chi connectivity index (χ4n) is 2.26. The van der Waals surface area contributed by atoms with Crippen LogP contribution in [0.1, 0.15) is 11.1 Å². The van der Waals surface area contributed by atoms with Gasteiger partial charge in [-0.25, -0.2) is 4.79 Å². The maximum absolute atomic E-state index is 10.5. The third-order valence-corrected chi connectivity index (χ3v) is 3.32. The molecule has 0 aliphatic carbocycles. The van der Waals surface area contributed by atoms with Crippen LogP contribution in [0.2, 0.25) is 0 Å². The molecule has 1 heterocycles. The van der Waals surface area contributed by atoms with E-state index in [1.165, 1.54) is 0 Å². The van der Waals surface area contributed by atoms with Gasteiger partial charge in [0, 0.05) is 19.2 Å². The summed E-state index contributed by atoms with van der Waals surface area (Å²) >= 11 is 0. The second kappa shape index (κ2) is 7.19. The second-order valence-electron chi connectivity index (χ2n) is 4.80. The lowest BCUT2D eigenvalue weighted by Gasteiger charge is -2.34. The van der Waals surface area contributed by atoms with Crippen molar-refractivity contribution in [2.75, 3.05) is 26.4 Å². The SMILES string of the molecule is O=C(O)/C=C/c1cccc(CN2CCOCC2CO)c1. The van der Waals surface area contributed by atoms with Crippen molar-refractivity contribution in [3.8, 4) is 0 Å². The van der Waals surface area contributed by atoms with E-state index in [2.05, 4.69) is 4.90 Å². The van der Waals surface area contributed by atoms with Crippen LogP contribution in [-0.2, 0) is 16.1 Å². The Morgan fingerprint density at radius 3 is 3.10 bits per heavy atom. The minimum Gasteiger partial charge on any atom is -0.478 e. The molecule has 1 saturated heterocycles. The Hall–Kier alpha value is -1.69. The minimum absolute atomic E-state index is 0.0296. The number of carbonyl (C=O) groups is 1. The molecular weight excluding hydrogens is 258 g/mol. The Labute approximate surface area is 118 Å². The molecule has 1 aliphatic heterocycles. The molecule has 5 heteroatoms. The molecule has 0 aromatic heterocycles. The van der Waals surface area contributed by atoms with Crippen molar-refractivity contribution < 1.29 is 19.7 Å². The van der Waals surface area contributed by atoms with Crippen LogP contribution >= 0.6 is 0 Å². The van der Waals surface area contributed by atoms with Gasteiger partial charge >= 0.3 is 5.97 Å². The first-order chi connectivity index (χ1) is 9.69. The first kappa shape index (κ1) is 14.7. The van der Waals surface area contributed by atoms with Crippen molar-refractivity contribution in [1.82, 2.24) is 4.90 Å². The summed E-state index contributed by atoms with van der Waals surface area (Å²) in [5.74, 6) is -0.955. The predicted octanol–water partition coefficient (Wildman–Crippen LogP) is 0.978. The van der Waals surface area contributed by atoms with Gasteiger partial charge < -0.3 is 14.9 Å². The standard InChI is InChI=1S/C15H19NO4/c17-10-14-11-20-7-6-16(14)9-13-3-1-2-12(8-13)4-5-15(18)19/h1-5,8,14,17H,6-7,9-11H2,(H,18,19)/b5-4+. The molecule has 1 aromatic carbocycles. The number of carboxylic acid groups (broad SMARTS) is 1. The highest BCUT2D eigenvalue weighted by atomic mass is 16.5. The summed E-state index contributed by atoms with van der Waals surface area (Å²) in [7, 11) is 0. The number of morpholine rings is 1. The highest BCUT2D eigenvalue weighted by Gasteiger charge is 2.22. The van der Waals surface area contributed by atoms with E-state index < -0.39 is 5.97 Å². The zero-order chi connectivity index (χ0) is 14.4. The van der Waals surface area contributed by atoms with Crippen molar-refractivity contribution in [2.45, 2.75) is 12.6 Å². The molecule has 1 aliphatic rings. The number of ether oxygens (including phenoxy) is 1. The van der Waals surface area contributed by atoms with Gasteiger partial charge in [0.2, 0.25) is 0 Å². The molecule has 1 fully saturated rings. The van der Waals surface area contributed by atoms with Crippen LogP contribution in [-0.4, -0.2) is 53.5 Å². The lowest BCUT2D eigenvalue weighted by molar-refractivity contribution is -0.131. The summed E-state index contributed by atoms with van der Waals surface area (Å²) in [4.78, 5) is 12.7. The normalized spacial score (nSPS) is 20.4. The van der Waals surface area contributed by atoms with Gasteiger partial charge in [0.05, 0.1) is 25.9 Å². The predicted molar refractivity (Wildman–Crippen MR) is 75.2 cm³/mol. The van der Waals surface area contributed by atoms with E-state index in [9.17, 15) is 9.90 Å². The van der Waals surface area contributed by atoms with Gasteiger partial charge in [-0.2, -0.15) is 0 Å². The minimum atomic E-state index is -0.955. The lowest BCUT2D eigenvalue weighted by atomic mass is 10.1. The summed E-state index contributed by atoms with van der Waals surface area (Å²) in [6.07, 6.45) is 2.71. The van der Waals surface area contributed by atoms with Crippen LogP contribution < -0.4 is 0 Å². The number of carboxylic acids is 1. The Kier molecular flexibility index (Phi) is 5.29. The maximum Gasteiger partial charge on any atom is 0.328 e. The number of rotatable bonds is 5. The summed E-state index contributed by atoms with van der Waals surface area (Å²) in [5, 5.41) is 18.0. The summed E-state index contributed by atoms with van der Waals surface area (Å²) in [5.41, 5.74) is 1.96. The summed E-state index contributed by atoms with van der Waals surface area (Å²) in [6.45, 7) is 2.83. The molecule has 20 heavy (non-hydrogen) atoms. The second-order valence-corrected chi connectivity index (χ2v) is 4.80. The van der Waals surface area contributed by atoms with Crippen LogP contribution in [0.15, 0.2) is 30.3 Å². The van der Waals surface area contributed by atoms with Crippen LogP contribution in [0.5, 0.6) is 0 Å². The molecule has 1 atom stereocenters. The smallest absolute Gasteiger partial charge is 0.328 e. The Morgan fingerprint density at radius 1 is 1.50 bits per heavy atom. The van der Waals surface area contributed by atoms with Crippen LogP contribution in [0.25, 0.3) is 6.08 Å². The Bertz CT molecular complexity index is 487. The molecule has 0 radical (unpaired) electrons. The average molecular weight is 277 g/mol. The quantitative estimate of drug-likeness (QED) is 0.785. The fourth-order valence-corrected chi connectivity index (χ4v) is 2.26. The molecule has 0 amide bonds. The number of benzene rings is 1. The monoisotopic (exact) mass is 277 g/mol. The Balaban J connectivity index is 2.05. The molecule has 0 spiro atoms. The van der Waals surface area contributed by atoms with E-state index in [0.29, 0.717) is 13.2 Å². The third-order valence-electron chi connectivity index (χ3n) is 3.32. The zero-order valence-electron chi connectivity index (χ0n) is 11.2. The number of nitrogens with zero attached hydrogens (tertiary/aromatic N) is 1. The van der Waals surface area contributed by atoms with Crippen molar-refractivity contribution in [1.29, 1.82) is 0 Å². The van der Waals surface area contributed by atoms with Gasteiger partial charge in [-0.1, -0.05) is 24.3 Å². The number of hydrogen-bond donors (Lipinski definition) is 2. The number of aliphatic hydroxyl groups is 1. The first-order valence-corrected chi connectivity index (χ1v) is 6.61. The molecular formula is C15H19NO4. The van der Waals surface area contributed by atoms with E-state index in [0.717, 1.165) is 30.3 Å². The molecule has 2 N–H and O–H groups in total. The third kappa shape index (κ3) is 4.16. The van der Waals surface area contributed by atoms with Gasteiger partial charge in [-0.15, -0.1) is 0 Å². The van der Waals surface area contributed by atoms with E-state index in [1.54, 1.807) is 6.08 Å². The lowest BCUT2D eigenvalue weighted by Crippen LogP contribution is -2.46. The first-order valence-electron chi connectivity index (χ1n) is 6.61. The highest BCUT2D eigenvalue weighted by Crippen LogP contribution is 2.14. The van der Waals surface area contributed by atoms with Gasteiger partial charge in [-0.3, -0.25) is 4.90 Å². The summed E-state index contributed by atoms with van der Waals surface area (Å²) in [6, 6.07) is 7.77. The topological polar surface area (TPSA) is 70.0 Å². The van der Waals surface area contributed by atoms with E-state index in [-0.39, 0.29) is 12.6 Å². The Morgan fingerprint density at radius 2 is 2.35 bits per heavy atom. The molecule has 108 valence electrons. The van der Waals surface area contributed by atoms with E-state index in [1.807, 2.05) is 24.3 Å². The molecule has 0 bridgehead atoms. The maximum atomic E-state index is 10.5. The largest absolute Gasteiger partial charge is 0.478 e. The van der Waals surface area contributed by atoms with Crippen molar-refractivity contribution in [3.63, 3.8) is 0 Å². The van der Waals surface area contributed by atoms with Crippen molar-refractivity contribution in [2.24, 2.45) is 0 Å². The number of aliphatic carboxylic acids is 1. The van der Waals surface area contributed by atoms with Gasteiger partial charge in [0.15, 0.2) is 0 Å². The fraction of sp³-hybridized carbons (Fsp3) is 0.400. The summed E-state index contributed by atoms with van der Waals surface area (Å²) < 4.78 is 5.35. The van der Waals surface area contributed by atoms with Crippen molar-refractivity contribution in [3.05, 3.63) is 41.5 Å². The molecule has 0 saturated carbocycles. The van der Waals surface area contributed by atoms with Crippen LogP contribution in [0.3, 0.4) is 0 Å². The molecule has 1 aromatic rings. The zero-order valence-corrected chi connectivity index (χ0v) is 11.2. The van der Waals surface area contributed by atoms with Gasteiger partial charge in [0.25, 0.3) is 0 Å². The van der Waals surface area contributed by atoms with Gasteiger partial charge in [-0.05, 0) is 17.2 Å². The van der Waals surface area contributed by atoms with Crippen LogP contribution in [0, 0.1) is 0 Å². The molecule has 5 nitrogen and oxygen atoms in total. The molecule has 2 rings (SSSR count). The molecule has 1 unspecified atom stereocenters. The van der Waals surface area contributed by atoms with E-state index >= 15 is 0 Å². The number of aliphatic hydroxyl groups excluding tert-OH is 1. The average Bonchev–Trinajstić information content (AvgIpc) is 2.46. The number of hydrogen-bond acceptors (Lipinski definition) is 4. The van der Waals surface area contributed by atoms with Crippen LogP contribution in [0.4, 0.5) is 0 Å².